The van der Waals surface area contributed by atoms with Gasteiger partial charge in [0.2, 0.25) is 5.91 Å². The topological polar surface area (TPSA) is 75.9 Å². The molecule has 2 aliphatic heterocycles. The molecule has 1 saturated heterocycles. The fourth-order valence-electron chi connectivity index (χ4n) is 3.80. The van der Waals surface area contributed by atoms with E-state index in [1.807, 2.05) is 36.4 Å². The Labute approximate surface area is 158 Å². The lowest BCUT2D eigenvalue weighted by Crippen LogP contribution is -2.38. The number of carbonyl (C=O) groups excluding carboxylic acids is 2. The van der Waals surface area contributed by atoms with Crippen LogP contribution >= 0.6 is 0 Å². The maximum atomic E-state index is 12.7. The van der Waals surface area contributed by atoms with Gasteiger partial charge in [0.15, 0.2) is 6.61 Å². The average molecular weight is 365 g/mol. The van der Waals surface area contributed by atoms with Crippen LogP contribution in [-0.4, -0.2) is 31.5 Å². The molecule has 140 valence electrons. The number of anilines is 3. The summed E-state index contributed by atoms with van der Waals surface area (Å²) in [5.41, 5.74) is 9.52. The maximum absolute atomic E-state index is 12.7. The number of carbonyl (C=O) groups is 2. The lowest BCUT2D eigenvalue weighted by Gasteiger charge is -2.30. The first-order valence-electron chi connectivity index (χ1n) is 9.34. The molecule has 0 unspecified atom stereocenters. The maximum Gasteiger partial charge on any atom is 0.264 e. The fraction of sp³-hybridized carbons (Fsp3) is 0.333. The SMILES string of the molecule is Nc1cccc2c1CCCN2C(=O)COc1cccc(N2CCCC2=O)c1. The highest BCUT2D eigenvalue weighted by Crippen LogP contribution is 2.31. The van der Waals surface area contributed by atoms with Crippen LogP contribution < -0.4 is 20.3 Å². The quantitative estimate of drug-likeness (QED) is 0.846. The van der Waals surface area contributed by atoms with Crippen LogP contribution in [-0.2, 0) is 16.0 Å². The molecule has 6 heteroatoms. The van der Waals surface area contributed by atoms with Gasteiger partial charge in [-0.25, -0.2) is 0 Å². The molecule has 2 amide bonds. The summed E-state index contributed by atoms with van der Waals surface area (Å²) in [6.45, 7) is 1.35. The number of amides is 2. The highest BCUT2D eigenvalue weighted by atomic mass is 16.5. The molecule has 0 bridgehead atoms. The van der Waals surface area contributed by atoms with E-state index in [0.717, 1.165) is 48.4 Å². The molecule has 4 rings (SSSR count). The molecule has 2 aromatic carbocycles. The molecule has 0 radical (unpaired) electrons. The van der Waals surface area contributed by atoms with E-state index in [-0.39, 0.29) is 18.4 Å². The van der Waals surface area contributed by atoms with Crippen LogP contribution in [0.15, 0.2) is 42.5 Å². The van der Waals surface area contributed by atoms with Crippen molar-refractivity contribution in [1.29, 1.82) is 0 Å². The number of hydrogen-bond acceptors (Lipinski definition) is 4. The van der Waals surface area contributed by atoms with Crippen LogP contribution in [0.2, 0.25) is 0 Å². The van der Waals surface area contributed by atoms with E-state index in [4.69, 9.17) is 10.5 Å². The summed E-state index contributed by atoms with van der Waals surface area (Å²) in [5.74, 6) is 0.625. The van der Waals surface area contributed by atoms with Gasteiger partial charge in [0.25, 0.3) is 5.91 Å². The summed E-state index contributed by atoms with van der Waals surface area (Å²) in [6, 6.07) is 13.0. The van der Waals surface area contributed by atoms with E-state index in [1.54, 1.807) is 15.9 Å². The predicted octanol–water partition coefficient (Wildman–Crippen LogP) is 2.75. The van der Waals surface area contributed by atoms with Gasteiger partial charge in [0.1, 0.15) is 5.75 Å². The van der Waals surface area contributed by atoms with Crippen molar-refractivity contribution >= 4 is 28.9 Å². The summed E-state index contributed by atoms with van der Waals surface area (Å²) in [4.78, 5) is 28.2. The summed E-state index contributed by atoms with van der Waals surface area (Å²) < 4.78 is 5.74. The van der Waals surface area contributed by atoms with Crippen molar-refractivity contribution in [3.8, 4) is 5.75 Å². The summed E-state index contributed by atoms with van der Waals surface area (Å²) in [7, 11) is 0. The zero-order valence-corrected chi connectivity index (χ0v) is 15.2. The number of benzene rings is 2. The van der Waals surface area contributed by atoms with Crippen molar-refractivity contribution in [3.05, 3.63) is 48.0 Å². The molecule has 0 aromatic heterocycles. The second-order valence-corrected chi connectivity index (χ2v) is 6.93. The lowest BCUT2D eigenvalue weighted by atomic mass is 10.00. The number of nitrogen functional groups attached to an aromatic ring is 1. The monoisotopic (exact) mass is 365 g/mol. The molecule has 0 spiro atoms. The van der Waals surface area contributed by atoms with Gasteiger partial charge in [-0.1, -0.05) is 12.1 Å². The van der Waals surface area contributed by atoms with Crippen molar-refractivity contribution < 1.29 is 14.3 Å². The zero-order chi connectivity index (χ0) is 18.8. The Morgan fingerprint density at radius 3 is 2.70 bits per heavy atom. The van der Waals surface area contributed by atoms with Crippen molar-refractivity contribution in [2.45, 2.75) is 25.7 Å². The smallest absolute Gasteiger partial charge is 0.264 e. The molecule has 27 heavy (non-hydrogen) atoms. The number of ether oxygens (including phenoxy) is 1. The Balaban J connectivity index is 1.45. The van der Waals surface area contributed by atoms with Crippen LogP contribution in [0.5, 0.6) is 5.75 Å². The third-order valence-electron chi connectivity index (χ3n) is 5.15. The number of nitrogens with zero attached hydrogens (tertiary/aromatic N) is 2. The first-order valence-corrected chi connectivity index (χ1v) is 9.34. The van der Waals surface area contributed by atoms with E-state index in [0.29, 0.717) is 18.7 Å². The Morgan fingerprint density at radius 1 is 1.07 bits per heavy atom. The Bertz CT molecular complexity index is 881. The molecular weight excluding hydrogens is 342 g/mol. The van der Waals surface area contributed by atoms with E-state index < -0.39 is 0 Å². The van der Waals surface area contributed by atoms with Gasteiger partial charge in [-0.15, -0.1) is 0 Å². The second-order valence-electron chi connectivity index (χ2n) is 6.93. The predicted molar refractivity (Wildman–Crippen MR) is 105 cm³/mol. The molecule has 2 heterocycles. The van der Waals surface area contributed by atoms with Crippen LogP contribution in [0.3, 0.4) is 0 Å². The number of nitrogens with two attached hydrogens (primary N) is 1. The Hall–Kier alpha value is -3.02. The van der Waals surface area contributed by atoms with Gasteiger partial charge in [0, 0.05) is 42.6 Å². The first-order chi connectivity index (χ1) is 13.1. The van der Waals surface area contributed by atoms with Crippen molar-refractivity contribution in [3.63, 3.8) is 0 Å². The lowest BCUT2D eigenvalue weighted by molar-refractivity contribution is -0.120. The second kappa shape index (κ2) is 7.31. The molecular formula is C21H23N3O3. The molecule has 0 aliphatic carbocycles. The zero-order valence-electron chi connectivity index (χ0n) is 15.2. The molecule has 2 N–H and O–H groups in total. The van der Waals surface area contributed by atoms with Gasteiger partial charge < -0.3 is 20.3 Å². The number of fused-ring (bicyclic) bond motifs is 1. The first kappa shape index (κ1) is 17.4. The third-order valence-corrected chi connectivity index (χ3v) is 5.15. The summed E-state index contributed by atoms with van der Waals surface area (Å²) >= 11 is 0. The standard InChI is InChI=1S/C21H23N3O3/c22-18-8-2-9-19-17(18)7-3-12-24(19)21(26)14-27-16-6-1-5-15(13-16)23-11-4-10-20(23)25/h1-2,5-6,8-9,13H,3-4,7,10-12,14,22H2. The molecule has 0 atom stereocenters. The average Bonchev–Trinajstić information content (AvgIpc) is 3.12. The number of rotatable bonds is 4. The van der Waals surface area contributed by atoms with E-state index in [1.165, 1.54) is 0 Å². The minimum absolute atomic E-state index is 0.0500. The summed E-state index contributed by atoms with van der Waals surface area (Å²) in [6.07, 6.45) is 3.24. The largest absolute Gasteiger partial charge is 0.484 e. The van der Waals surface area contributed by atoms with Gasteiger partial charge in [0.05, 0.1) is 0 Å². The minimum atomic E-state index is -0.0933. The van der Waals surface area contributed by atoms with Gasteiger partial charge in [-0.2, -0.15) is 0 Å². The Morgan fingerprint density at radius 2 is 1.89 bits per heavy atom. The highest BCUT2D eigenvalue weighted by molar-refractivity contribution is 5.97. The minimum Gasteiger partial charge on any atom is -0.484 e. The van der Waals surface area contributed by atoms with E-state index >= 15 is 0 Å². The molecule has 6 nitrogen and oxygen atoms in total. The third kappa shape index (κ3) is 3.47. The van der Waals surface area contributed by atoms with E-state index in [2.05, 4.69) is 0 Å². The molecule has 2 aromatic rings. The van der Waals surface area contributed by atoms with Crippen LogP contribution in [0.4, 0.5) is 17.1 Å². The van der Waals surface area contributed by atoms with Crippen LogP contribution in [0.25, 0.3) is 0 Å². The fourth-order valence-corrected chi connectivity index (χ4v) is 3.80. The molecule has 2 aliphatic rings. The highest BCUT2D eigenvalue weighted by Gasteiger charge is 2.25. The van der Waals surface area contributed by atoms with Crippen molar-refractivity contribution in [1.82, 2.24) is 0 Å². The van der Waals surface area contributed by atoms with Crippen molar-refractivity contribution in [2.24, 2.45) is 0 Å². The van der Waals surface area contributed by atoms with Gasteiger partial charge in [-0.3, -0.25) is 9.59 Å². The van der Waals surface area contributed by atoms with Gasteiger partial charge in [-0.05, 0) is 49.1 Å². The summed E-state index contributed by atoms with van der Waals surface area (Å²) in [5, 5.41) is 0. The molecule has 0 saturated carbocycles. The van der Waals surface area contributed by atoms with Crippen LogP contribution in [0.1, 0.15) is 24.8 Å². The van der Waals surface area contributed by atoms with E-state index in [9.17, 15) is 9.59 Å². The normalized spacial score (nSPS) is 16.4. The Kier molecular flexibility index (Phi) is 4.71. The molecule has 1 fully saturated rings. The number of hydrogen-bond donors (Lipinski definition) is 1. The van der Waals surface area contributed by atoms with Crippen molar-refractivity contribution in [2.75, 3.05) is 35.2 Å². The van der Waals surface area contributed by atoms with Crippen LogP contribution in [0, 0.1) is 0 Å². The van der Waals surface area contributed by atoms with Gasteiger partial charge >= 0.3 is 0 Å².